The van der Waals surface area contributed by atoms with Gasteiger partial charge < -0.3 is 4.74 Å². The van der Waals surface area contributed by atoms with Crippen molar-refractivity contribution >= 4 is 34.1 Å². The number of anilines is 1. The summed E-state index contributed by atoms with van der Waals surface area (Å²) in [6.07, 6.45) is 1.31. The summed E-state index contributed by atoms with van der Waals surface area (Å²) < 4.78 is 6.50. The molecule has 7 heteroatoms. The van der Waals surface area contributed by atoms with Crippen LogP contribution in [0, 0.1) is 13.8 Å². The van der Waals surface area contributed by atoms with Crippen molar-refractivity contribution in [2.24, 2.45) is 0 Å². The molecule has 21 heavy (non-hydrogen) atoms. The lowest BCUT2D eigenvalue weighted by Gasteiger charge is -2.14. The van der Waals surface area contributed by atoms with Crippen LogP contribution in [-0.4, -0.2) is 28.5 Å². The topological polar surface area (TPSA) is 64.1 Å². The van der Waals surface area contributed by atoms with Gasteiger partial charge in [0.15, 0.2) is 10.4 Å². The predicted octanol–water partition coefficient (Wildman–Crippen LogP) is 3.28. The van der Waals surface area contributed by atoms with E-state index in [0.717, 1.165) is 15.5 Å². The summed E-state index contributed by atoms with van der Waals surface area (Å²) in [5.74, 6) is 0.454. The van der Waals surface area contributed by atoms with E-state index in [1.54, 1.807) is 6.92 Å². The largest absolute Gasteiger partial charge is 0.481 e. The van der Waals surface area contributed by atoms with Crippen molar-refractivity contribution in [1.82, 2.24) is 10.2 Å². The number of aryl methyl sites for hydroxylation is 2. The van der Waals surface area contributed by atoms with Gasteiger partial charge in [-0.05, 0) is 50.3 Å². The summed E-state index contributed by atoms with van der Waals surface area (Å²) in [6, 6.07) is 5.88. The van der Waals surface area contributed by atoms with E-state index in [-0.39, 0.29) is 5.91 Å². The highest BCUT2D eigenvalue weighted by atomic mass is 32.2. The molecule has 1 atom stereocenters. The lowest BCUT2D eigenvalue weighted by molar-refractivity contribution is -0.122. The third kappa shape index (κ3) is 4.44. The van der Waals surface area contributed by atoms with Crippen molar-refractivity contribution in [3.63, 3.8) is 0 Å². The number of aromatic nitrogens is 2. The van der Waals surface area contributed by atoms with Gasteiger partial charge in [0, 0.05) is 0 Å². The summed E-state index contributed by atoms with van der Waals surface area (Å²) in [5.41, 5.74) is 2.21. The van der Waals surface area contributed by atoms with Gasteiger partial charge in [-0.25, -0.2) is 0 Å². The number of hydrogen-bond donors (Lipinski definition) is 1. The molecule has 1 N–H and O–H groups in total. The standard InChI is InChI=1S/C14H17N3O2S2/c1-8-5-9(2)7-11(6-8)19-10(3)12(18)15-13-16-17-14(20-4)21-13/h5-7,10H,1-4H3,(H,15,16,18). The Morgan fingerprint density at radius 3 is 2.52 bits per heavy atom. The van der Waals surface area contributed by atoms with Gasteiger partial charge in [0.25, 0.3) is 5.91 Å². The number of carbonyl (C=O) groups excluding carboxylic acids is 1. The first kappa shape index (κ1) is 15.8. The van der Waals surface area contributed by atoms with Gasteiger partial charge in [-0.3, -0.25) is 10.1 Å². The van der Waals surface area contributed by atoms with Crippen LogP contribution in [0.3, 0.4) is 0 Å². The van der Waals surface area contributed by atoms with Crippen molar-refractivity contribution in [2.75, 3.05) is 11.6 Å². The zero-order valence-corrected chi connectivity index (χ0v) is 14.0. The number of rotatable bonds is 5. The number of nitrogens with one attached hydrogen (secondary N) is 1. The highest BCUT2D eigenvalue weighted by molar-refractivity contribution is 8.00. The molecule has 1 aromatic carbocycles. The minimum absolute atomic E-state index is 0.238. The Labute approximate surface area is 132 Å². The SMILES string of the molecule is CSc1nnc(NC(=O)C(C)Oc2cc(C)cc(C)c2)s1. The fourth-order valence-electron chi connectivity index (χ4n) is 1.81. The minimum atomic E-state index is -0.604. The average molecular weight is 323 g/mol. The molecule has 0 saturated heterocycles. The monoisotopic (exact) mass is 323 g/mol. The molecule has 2 aromatic rings. The first-order valence-corrected chi connectivity index (χ1v) is 8.45. The number of hydrogen-bond acceptors (Lipinski definition) is 6. The molecule has 1 amide bonds. The van der Waals surface area contributed by atoms with Crippen LogP contribution in [0.25, 0.3) is 0 Å². The van der Waals surface area contributed by atoms with Crippen molar-refractivity contribution in [3.05, 3.63) is 29.3 Å². The fourth-order valence-corrected chi connectivity index (χ4v) is 2.98. The van der Waals surface area contributed by atoms with E-state index in [1.807, 2.05) is 32.2 Å². The number of nitrogens with zero attached hydrogens (tertiary/aromatic N) is 2. The molecule has 0 fully saturated rings. The summed E-state index contributed by atoms with van der Waals surface area (Å²) >= 11 is 2.84. The zero-order valence-electron chi connectivity index (χ0n) is 12.3. The number of amides is 1. The highest BCUT2D eigenvalue weighted by Crippen LogP contribution is 2.23. The maximum absolute atomic E-state index is 12.1. The molecule has 0 saturated carbocycles. The van der Waals surface area contributed by atoms with E-state index in [9.17, 15) is 4.79 Å². The Kier molecular flexibility index (Phi) is 5.19. The Hall–Kier alpha value is -1.60. The van der Waals surface area contributed by atoms with Crippen molar-refractivity contribution in [2.45, 2.75) is 31.2 Å². The molecule has 0 radical (unpaired) electrons. The summed E-state index contributed by atoms with van der Waals surface area (Å²) in [7, 11) is 0. The van der Waals surface area contributed by atoms with E-state index in [1.165, 1.54) is 23.1 Å². The molecule has 2 rings (SSSR count). The van der Waals surface area contributed by atoms with E-state index in [0.29, 0.717) is 10.9 Å². The quantitative estimate of drug-likeness (QED) is 0.676. The highest BCUT2D eigenvalue weighted by Gasteiger charge is 2.17. The Bertz CT molecular complexity index is 623. The van der Waals surface area contributed by atoms with E-state index in [4.69, 9.17) is 4.74 Å². The molecular formula is C14H17N3O2S2. The van der Waals surface area contributed by atoms with Crippen LogP contribution in [-0.2, 0) is 4.79 Å². The molecule has 1 aromatic heterocycles. The predicted molar refractivity (Wildman–Crippen MR) is 86.3 cm³/mol. The van der Waals surface area contributed by atoms with Crippen LogP contribution >= 0.6 is 23.1 Å². The Morgan fingerprint density at radius 1 is 1.29 bits per heavy atom. The van der Waals surface area contributed by atoms with Crippen LogP contribution in [0.2, 0.25) is 0 Å². The first-order chi connectivity index (χ1) is 9.97. The fraction of sp³-hybridized carbons (Fsp3) is 0.357. The Morgan fingerprint density at radius 2 is 1.95 bits per heavy atom. The van der Waals surface area contributed by atoms with Crippen molar-refractivity contribution < 1.29 is 9.53 Å². The first-order valence-electron chi connectivity index (χ1n) is 6.41. The van der Waals surface area contributed by atoms with Crippen molar-refractivity contribution in [3.8, 4) is 5.75 Å². The van der Waals surface area contributed by atoms with E-state index >= 15 is 0 Å². The van der Waals surface area contributed by atoms with E-state index < -0.39 is 6.10 Å². The molecule has 0 aliphatic carbocycles. The average Bonchev–Trinajstić information content (AvgIpc) is 2.85. The van der Waals surface area contributed by atoms with Crippen molar-refractivity contribution in [1.29, 1.82) is 0 Å². The third-order valence-electron chi connectivity index (χ3n) is 2.69. The van der Waals surface area contributed by atoms with Crippen LogP contribution in [0.15, 0.2) is 22.5 Å². The van der Waals surface area contributed by atoms with Gasteiger partial charge in [-0.15, -0.1) is 10.2 Å². The smallest absolute Gasteiger partial charge is 0.266 e. The van der Waals surface area contributed by atoms with Gasteiger partial charge in [-0.2, -0.15) is 0 Å². The summed E-state index contributed by atoms with van der Waals surface area (Å²) in [4.78, 5) is 12.1. The minimum Gasteiger partial charge on any atom is -0.481 e. The van der Waals surface area contributed by atoms with Gasteiger partial charge in [0.2, 0.25) is 5.13 Å². The van der Waals surface area contributed by atoms with Crippen LogP contribution in [0.1, 0.15) is 18.1 Å². The zero-order chi connectivity index (χ0) is 15.4. The lowest BCUT2D eigenvalue weighted by Crippen LogP contribution is -2.30. The molecule has 5 nitrogen and oxygen atoms in total. The van der Waals surface area contributed by atoms with Gasteiger partial charge >= 0.3 is 0 Å². The second-order valence-corrected chi connectivity index (χ2v) is 6.68. The second kappa shape index (κ2) is 6.91. The van der Waals surface area contributed by atoms with Crippen LogP contribution in [0.4, 0.5) is 5.13 Å². The van der Waals surface area contributed by atoms with Crippen LogP contribution < -0.4 is 10.1 Å². The Balaban J connectivity index is 1.98. The lowest BCUT2D eigenvalue weighted by atomic mass is 10.1. The number of carbonyl (C=O) groups is 1. The van der Waals surface area contributed by atoms with Gasteiger partial charge in [-0.1, -0.05) is 29.2 Å². The van der Waals surface area contributed by atoms with E-state index in [2.05, 4.69) is 21.6 Å². The molecule has 1 heterocycles. The van der Waals surface area contributed by atoms with Gasteiger partial charge in [0.1, 0.15) is 5.75 Å². The maximum atomic E-state index is 12.1. The number of benzene rings is 1. The second-order valence-electron chi connectivity index (χ2n) is 4.65. The maximum Gasteiger partial charge on any atom is 0.266 e. The molecule has 0 aliphatic heterocycles. The third-order valence-corrected chi connectivity index (χ3v) is 4.50. The van der Waals surface area contributed by atoms with Gasteiger partial charge in [0.05, 0.1) is 0 Å². The summed E-state index contributed by atoms with van der Waals surface area (Å²) in [6.45, 7) is 5.70. The van der Waals surface area contributed by atoms with Crippen LogP contribution in [0.5, 0.6) is 5.75 Å². The number of thioether (sulfide) groups is 1. The normalized spacial score (nSPS) is 12.0. The molecule has 0 bridgehead atoms. The molecule has 112 valence electrons. The number of ether oxygens (including phenoxy) is 1. The molecule has 0 aliphatic rings. The molecule has 1 unspecified atom stereocenters. The summed E-state index contributed by atoms with van der Waals surface area (Å²) in [5, 5.41) is 11.0. The molecular weight excluding hydrogens is 306 g/mol. The molecule has 0 spiro atoms.